The topological polar surface area (TPSA) is 72.3 Å². The summed E-state index contributed by atoms with van der Waals surface area (Å²) in [5.74, 6) is -0.406. The molecule has 0 atom stereocenters. The minimum absolute atomic E-state index is 0.406. The van der Waals surface area contributed by atoms with Crippen LogP contribution in [0.2, 0.25) is 0 Å². The number of rotatable bonds is 2. The molecule has 1 saturated heterocycles. The van der Waals surface area contributed by atoms with Crippen molar-refractivity contribution in [2.75, 3.05) is 23.7 Å². The molecule has 4 heteroatoms. The number of amides is 1. The fraction of sp³-hybridized carbons (Fsp3) is 0.462. The zero-order valence-corrected chi connectivity index (χ0v) is 9.98. The van der Waals surface area contributed by atoms with Crippen LogP contribution in [0, 0.1) is 0 Å². The van der Waals surface area contributed by atoms with E-state index in [9.17, 15) is 4.79 Å². The van der Waals surface area contributed by atoms with Crippen LogP contribution in [-0.2, 0) is 0 Å². The smallest absolute Gasteiger partial charge is 0.250 e. The molecule has 1 aromatic carbocycles. The van der Waals surface area contributed by atoms with Gasteiger partial charge in [-0.1, -0.05) is 12.8 Å². The zero-order valence-electron chi connectivity index (χ0n) is 9.98. The molecule has 4 nitrogen and oxygen atoms in total. The third-order valence-corrected chi connectivity index (χ3v) is 3.23. The number of carbonyl (C=O) groups excluding carboxylic acids is 1. The van der Waals surface area contributed by atoms with E-state index in [0.29, 0.717) is 11.3 Å². The Bertz CT molecular complexity index is 409. The molecule has 92 valence electrons. The van der Waals surface area contributed by atoms with Crippen LogP contribution in [0.4, 0.5) is 11.4 Å². The van der Waals surface area contributed by atoms with Gasteiger partial charge in [0, 0.05) is 24.5 Å². The zero-order chi connectivity index (χ0) is 12.3. The fourth-order valence-electron chi connectivity index (χ4n) is 2.34. The maximum atomic E-state index is 11.4. The lowest BCUT2D eigenvalue weighted by Crippen LogP contribution is -2.27. The van der Waals surface area contributed by atoms with Crippen LogP contribution in [0.3, 0.4) is 0 Å². The predicted molar refractivity (Wildman–Crippen MR) is 70.1 cm³/mol. The van der Waals surface area contributed by atoms with E-state index in [1.54, 1.807) is 6.07 Å². The van der Waals surface area contributed by atoms with Gasteiger partial charge in [-0.05, 0) is 31.0 Å². The van der Waals surface area contributed by atoms with Crippen LogP contribution in [0.25, 0.3) is 0 Å². The van der Waals surface area contributed by atoms with E-state index in [1.165, 1.54) is 25.7 Å². The molecular weight excluding hydrogens is 214 g/mol. The van der Waals surface area contributed by atoms with E-state index in [-0.39, 0.29) is 0 Å². The minimum atomic E-state index is -0.406. The Kier molecular flexibility index (Phi) is 3.52. The summed E-state index contributed by atoms with van der Waals surface area (Å²) in [5.41, 5.74) is 13.1. The Hall–Kier alpha value is -1.71. The van der Waals surface area contributed by atoms with Crippen molar-refractivity contribution in [3.63, 3.8) is 0 Å². The van der Waals surface area contributed by atoms with Gasteiger partial charge in [0.1, 0.15) is 0 Å². The molecule has 1 aromatic rings. The first kappa shape index (κ1) is 11.8. The number of hydrogen-bond acceptors (Lipinski definition) is 3. The van der Waals surface area contributed by atoms with Crippen molar-refractivity contribution in [1.82, 2.24) is 0 Å². The van der Waals surface area contributed by atoms with E-state index in [0.717, 1.165) is 18.8 Å². The Labute approximate surface area is 102 Å². The molecule has 4 N–H and O–H groups in total. The molecule has 0 aliphatic carbocycles. The Morgan fingerprint density at radius 3 is 2.35 bits per heavy atom. The van der Waals surface area contributed by atoms with Crippen molar-refractivity contribution < 1.29 is 4.79 Å². The summed E-state index contributed by atoms with van der Waals surface area (Å²) < 4.78 is 0. The molecule has 0 bridgehead atoms. The van der Waals surface area contributed by atoms with Crippen LogP contribution in [0.1, 0.15) is 36.0 Å². The lowest BCUT2D eigenvalue weighted by atomic mass is 10.1. The number of primary amides is 1. The van der Waals surface area contributed by atoms with Gasteiger partial charge < -0.3 is 16.4 Å². The summed E-state index contributed by atoms with van der Waals surface area (Å²) in [6.45, 7) is 1.98. The SMILES string of the molecule is NC(=O)c1cc(N)ccc1N1CCCCCC1. The van der Waals surface area contributed by atoms with Gasteiger partial charge >= 0.3 is 0 Å². The van der Waals surface area contributed by atoms with Crippen LogP contribution in [0.5, 0.6) is 0 Å². The Balaban J connectivity index is 2.32. The lowest BCUT2D eigenvalue weighted by molar-refractivity contribution is 0.100. The second kappa shape index (κ2) is 5.08. The lowest BCUT2D eigenvalue weighted by Gasteiger charge is -2.24. The number of carbonyl (C=O) groups is 1. The van der Waals surface area contributed by atoms with Crippen LogP contribution in [-0.4, -0.2) is 19.0 Å². The fourth-order valence-corrected chi connectivity index (χ4v) is 2.34. The summed E-state index contributed by atoms with van der Waals surface area (Å²) in [4.78, 5) is 13.7. The highest BCUT2D eigenvalue weighted by atomic mass is 16.1. The molecule has 1 amide bonds. The van der Waals surface area contributed by atoms with Gasteiger partial charge in [-0.25, -0.2) is 0 Å². The molecule has 0 unspecified atom stereocenters. The number of benzene rings is 1. The number of nitrogens with two attached hydrogens (primary N) is 2. The molecule has 2 rings (SSSR count). The first-order chi connectivity index (χ1) is 8.18. The average molecular weight is 233 g/mol. The Morgan fingerprint density at radius 2 is 1.76 bits per heavy atom. The quantitative estimate of drug-likeness (QED) is 0.764. The van der Waals surface area contributed by atoms with Crippen molar-refractivity contribution in [2.24, 2.45) is 5.73 Å². The first-order valence-electron chi connectivity index (χ1n) is 6.13. The summed E-state index contributed by atoms with van der Waals surface area (Å²) in [6.07, 6.45) is 4.86. The van der Waals surface area contributed by atoms with E-state index in [1.807, 2.05) is 12.1 Å². The molecule has 1 aliphatic rings. The van der Waals surface area contributed by atoms with Gasteiger partial charge in [0.25, 0.3) is 5.91 Å². The summed E-state index contributed by atoms with van der Waals surface area (Å²) in [5, 5.41) is 0. The van der Waals surface area contributed by atoms with Crippen molar-refractivity contribution in [2.45, 2.75) is 25.7 Å². The van der Waals surface area contributed by atoms with Gasteiger partial charge in [0.2, 0.25) is 0 Å². The van der Waals surface area contributed by atoms with Crippen molar-refractivity contribution in [3.05, 3.63) is 23.8 Å². The maximum absolute atomic E-state index is 11.4. The molecule has 0 spiro atoms. The number of anilines is 2. The molecule has 1 fully saturated rings. The second-order valence-electron chi connectivity index (χ2n) is 4.54. The molecule has 0 aromatic heterocycles. The van der Waals surface area contributed by atoms with Crippen molar-refractivity contribution in [3.8, 4) is 0 Å². The molecule has 1 aliphatic heterocycles. The number of nitrogen functional groups attached to an aromatic ring is 1. The molecular formula is C13H19N3O. The number of nitrogens with zero attached hydrogens (tertiary/aromatic N) is 1. The largest absolute Gasteiger partial charge is 0.399 e. The van der Waals surface area contributed by atoms with Crippen LogP contribution >= 0.6 is 0 Å². The third-order valence-electron chi connectivity index (χ3n) is 3.23. The normalized spacial score (nSPS) is 16.6. The second-order valence-corrected chi connectivity index (χ2v) is 4.54. The monoisotopic (exact) mass is 233 g/mol. The van der Waals surface area contributed by atoms with Gasteiger partial charge in [-0.3, -0.25) is 4.79 Å². The van der Waals surface area contributed by atoms with E-state index < -0.39 is 5.91 Å². The van der Waals surface area contributed by atoms with Gasteiger partial charge in [-0.2, -0.15) is 0 Å². The molecule has 17 heavy (non-hydrogen) atoms. The van der Waals surface area contributed by atoms with Crippen molar-refractivity contribution in [1.29, 1.82) is 0 Å². The van der Waals surface area contributed by atoms with Crippen LogP contribution < -0.4 is 16.4 Å². The highest BCUT2D eigenvalue weighted by molar-refractivity contribution is 5.99. The van der Waals surface area contributed by atoms with Gasteiger partial charge in [0.05, 0.1) is 5.56 Å². The number of hydrogen-bond donors (Lipinski definition) is 2. The van der Waals surface area contributed by atoms with Gasteiger partial charge in [0.15, 0.2) is 0 Å². The van der Waals surface area contributed by atoms with Gasteiger partial charge in [-0.15, -0.1) is 0 Å². The summed E-state index contributed by atoms with van der Waals surface area (Å²) >= 11 is 0. The van der Waals surface area contributed by atoms with E-state index in [4.69, 9.17) is 11.5 Å². The highest BCUT2D eigenvalue weighted by Crippen LogP contribution is 2.25. The predicted octanol–water partition coefficient (Wildman–Crippen LogP) is 1.75. The minimum Gasteiger partial charge on any atom is -0.399 e. The van der Waals surface area contributed by atoms with Crippen molar-refractivity contribution >= 4 is 17.3 Å². The maximum Gasteiger partial charge on any atom is 0.250 e. The molecule has 1 heterocycles. The first-order valence-corrected chi connectivity index (χ1v) is 6.13. The molecule has 0 saturated carbocycles. The average Bonchev–Trinajstić information content (AvgIpc) is 2.57. The summed E-state index contributed by atoms with van der Waals surface area (Å²) in [7, 11) is 0. The van der Waals surface area contributed by atoms with Crippen LogP contribution in [0.15, 0.2) is 18.2 Å². The van der Waals surface area contributed by atoms with E-state index in [2.05, 4.69) is 4.90 Å². The van der Waals surface area contributed by atoms with E-state index >= 15 is 0 Å². The standard InChI is InChI=1S/C13H19N3O/c14-10-5-6-12(11(9-10)13(15)17)16-7-3-1-2-4-8-16/h5-6,9H,1-4,7-8,14H2,(H2,15,17). The summed E-state index contributed by atoms with van der Waals surface area (Å²) in [6, 6.07) is 5.40. The third kappa shape index (κ3) is 2.70. The molecule has 0 radical (unpaired) electrons. The Morgan fingerprint density at radius 1 is 1.12 bits per heavy atom. The highest BCUT2D eigenvalue weighted by Gasteiger charge is 2.16.